The zero-order valence-electron chi connectivity index (χ0n) is 9.84. The van der Waals surface area contributed by atoms with Crippen molar-refractivity contribution in [2.24, 2.45) is 0 Å². The SMILES string of the molecule is Cc1c(N)cccc1S(=O)(=O)NCc1ccn[nH]1. The van der Waals surface area contributed by atoms with Gasteiger partial charge in [-0.3, -0.25) is 5.10 Å². The van der Waals surface area contributed by atoms with E-state index in [-0.39, 0.29) is 11.4 Å². The molecule has 1 aromatic carbocycles. The second-order valence-electron chi connectivity index (χ2n) is 3.88. The first-order chi connectivity index (χ1) is 8.50. The van der Waals surface area contributed by atoms with Crippen LogP contribution in [-0.4, -0.2) is 18.6 Å². The molecule has 0 aliphatic heterocycles. The van der Waals surface area contributed by atoms with Crippen molar-refractivity contribution in [1.29, 1.82) is 0 Å². The van der Waals surface area contributed by atoms with Crippen molar-refractivity contribution in [2.45, 2.75) is 18.4 Å². The highest BCUT2D eigenvalue weighted by Gasteiger charge is 2.17. The molecule has 0 unspecified atom stereocenters. The molecule has 0 spiro atoms. The van der Waals surface area contributed by atoms with Gasteiger partial charge >= 0.3 is 0 Å². The van der Waals surface area contributed by atoms with Gasteiger partial charge in [-0.05, 0) is 30.7 Å². The van der Waals surface area contributed by atoms with Gasteiger partial charge in [-0.15, -0.1) is 0 Å². The summed E-state index contributed by atoms with van der Waals surface area (Å²) < 4.78 is 26.7. The van der Waals surface area contributed by atoms with E-state index >= 15 is 0 Å². The van der Waals surface area contributed by atoms with Crippen molar-refractivity contribution < 1.29 is 8.42 Å². The molecule has 0 saturated heterocycles. The first-order valence-corrected chi connectivity index (χ1v) is 6.82. The number of nitrogen functional groups attached to an aromatic ring is 1. The van der Waals surface area contributed by atoms with E-state index in [0.29, 0.717) is 16.9 Å². The largest absolute Gasteiger partial charge is 0.398 e. The lowest BCUT2D eigenvalue weighted by atomic mass is 10.2. The minimum absolute atomic E-state index is 0.163. The number of H-pyrrole nitrogens is 1. The molecule has 1 heterocycles. The summed E-state index contributed by atoms with van der Waals surface area (Å²) in [6.07, 6.45) is 1.56. The highest BCUT2D eigenvalue weighted by Crippen LogP contribution is 2.20. The molecule has 6 nitrogen and oxygen atoms in total. The van der Waals surface area contributed by atoms with Gasteiger partial charge in [-0.1, -0.05) is 6.07 Å². The molecule has 0 fully saturated rings. The van der Waals surface area contributed by atoms with Gasteiger partial charge < -0.3 is 5.73 Å². The fraction of sp³-hybridized carbons (Fsp3) is 0.182. The maximum Gasteiger partial charge on any atom is 0.241 e. The predicted molar refractivity (Wildman–Crippen MR) is 68.2 cm³/mol. The normalized spacial score (nSPS) is 11.6. The van der Waals surface area contributed by atoms with Gasteiger partial charge in [-0.2, -0.15) is 5.10 Å². The Hall–Kier alpha value is -1.86. The maximum absolute atomic E-state index is 12.1. The molecule has 0 atom stereocenters. The highest BCUT2D eigenvalue weighted by molar-refractivity contribution is 7.89. The van der Waals surface area contributed by atoms with Gasteiger partial charge in [0, 0.05) is 11.9 Å². The molecular weight excluding hydrogens is 252 g/mol. The summed E-state index contributed by atoms with van der Waals surface area (Å²) >= 11 is 0. The Labute approximate surface area is 105 Å². The summed E-state index contributed by atoms with van der Waals surface area (Å²) in [6, 6.07) is 6.52. The molecule has 2 aromatic rings. The van der Waals surface area contributed by atoms with Gasteiger partial charge in [0.15, 0.2) is 0 Å². The number of rotatable bonds is 4. The number of nitrogens with zero attached hydrogens (tertiary/aromatic N) is 1. The Bertz CT molecular complexity index is 635. The molecule has 7 heteroatoms. The molecule has 1 aromatic heterocycles. The predicted octanol–water partition coefficient (Wildman–Crippen LogP) is 0.779. The molecule has 0 bridgehead atoms. The molecular formula is C11H14N4O2S. The monoisotopic (exact) mass is 266 g/mol. The van der Waals surface area contributed by atoms with Crippen LogP contribution in [0.15, 0.2) is 35.4 Å². The Morgan fingerprint density at radius 1 is 1.39 bits per heavy atom. The zero-order chi connectivity index (χ0) is 13.2. The van der Waals surface area contributed by atoms with Gasteiger partial charge in [0.05, 0.1) is 17.1 Å². The number of aromatic nitrogens is 2. The van der Waals surface area contributed by atoms with Crippen LogP contribution in [-0.2, 0) is 16.6 Å². The number of benzene rings is 1. The second-order valence-corrected chi connectivity index (χ2v) is 5.61. The third kappa shape index (κ3) is 2.52. The molecule has 0 aliphatic carbocycles. The van der Waals surface area contributed by atoms with Crippen LogP contribution in [0.3, 0.4) is 0 Å². The lowest BCUT2D eigenvalue weighted by Gasteiger charge is -2.10. The first kappa shape index (κ1) is 12.6. The number of aromatic amines is 1. The lowest BCUT2D eigenvalue weighted by Crippen LogP contribution is -2.24. The van der Waals surface area contributed by atoms with Gasteiger partial charge in [0.2, 0.25) is 10.0 Å². The first-order valence-electron chi connectivity index (χ1n) is 5.34. The van der Waals surface area contributed by atoms with Gasteiger partial charge in [0.1, 0.15) is 0 Å². The lowest BCUT2D eigenvalue weighted by molar-refractivity contribution is 0.580. The number of hydrogen-bond acceptors (Lipinski definition) is 4. The van der Waals surface area contributed by atoms with Crippen LogP contribution in [0.2, 0.25) is 0 Å². The topological polar surface area (TPSA) is 101 Å². The van der Waals surface area contributed by atoms with Crippen molar-refractivity contribution in [3.05, 3.63) is 41.7 Å². The summed E-state index contributed by atoms with van der Waals surface area (Å²) in [5, 5.41) is 6.43. The van der Waals surface area contributed by atoms with E-state index in [4.69, 9.17) is 5.73 Å². The van der Waals surface area contributed by atoms with Crippen LogP contribution >= 0.6 is 0 Å². The van der Waals surface area contributed by atoms with E-state index in [1.165, 1.54) is 6.07 Å². The molecule has 0 amide bonds. The Morgan fingerprint density at radius 3 is 2.83 bits per heavy atom. The van der Waals surface area contributed by atoms with E-state index in [0.717, 1.165) is 0 Å². The Balaban J connectivity index is 2.23. The second kappa shape index (κ2) is 4.79. The van der Waals surface area contributed by atoms with Crippen molar-refractivity contribution in [3.63, 3.8) is 0 Å². The van der Waals surface area contributed by atoms with Crippen LogP contribution in [0, 0.1) is 6.92 Å². The van der Waals surface area contributed by atoms with E-state index in [1.54, 1.807) is 31.3 Å². The van der Waals surface area contributed by atoms with Crippen molar-refractivity contribution in [2.75, 3.05) is 5.73 Å². The highest BCUT2D eigenvalue weighted by atomic mass is 32.2. The van der Waals surface area contributed by atoms with Crippen molar-refractivity contribution in [3.8, 4) is 0 Å². The number of sulfonamides is 1. The van der Waals surface area contributed by atoms with Crippen LogP contribution in [0.25, 0.3) is 0 Å². The Morgan fingerprint density at radius 2 is 2.17 bits per heavy atom. The van der Waals surface area contributed by atoms with E-state index in [2.05, 4.69) is 14.9 Å². The zero-order valence-corrected chi connectivity index (χ0v) is 10.7. The quantitative estimate of drug-likeness (QED) is 0.712. The standard InChI is InChI=1S/C11H14N4O2S/c1-8-10(12)3-2-4-11(8)18(16,17)14-7-9-5-6-13-15-9/h2-6,14H,7,12H2,1H3,(H,13,15). The number of nitrogens with one attached hydrogen (secondary N) is 2. The summed E-state index contributed by atoms with van der Waals surface area (Å²) in [4.78, 5) is 0.196. The third-order valence-electron chi connectivity index (χ3n) is 2.63. The summed E-state index contributed by atoms with van der Waals surface area (Å²) in [5.41, 5.74) is 7.40. The average molecular weight is 266 g/mol. The van der Waals surface area contributed by atoms with Crippen molar-refractivity contribution >= 4 is 15.7 Å². The van der Waals surface area contributed by atoms with E-state index in [9.17, 15) is 8.42 Å². The number of hydrogen-bond donors (Lipinski definition) is 3. The van der Waals surface area contributed by atoms with Gasteiger partial charge in [-0.25, -0.2) is 13.1 Å². The van der Waals surface area contributed by atoms with Crippen LogP contribution < -0.4 is 10.5 Å². The molecule has 96 valence electrons. The number of nitrogens with two attached hydrogens (primary N) is 1. The summed E-state index contributed by atoms with van der Waals surface area (Å²) in [7, 11) is -3.57. The summed E-state index contributed by atoms with van der Waals surface area (Å²) in [6.45, 7) is 1.84. The molecule has 4 N–H and O–H groups in total. The fourth-order valence-electron chi connectivity index (χ4n) is 1.56. The third-order valence-corrected chi connectivity index (χ3v) is 4.17. The molecule has 0 saturated carbocycles. The fourth-order valence-corrected chi connectivity index (χ4v) is 2.84. The van der Waals surface area contributed by atoms with Crippen molar-refractivity contribution in [1.82, 2.24) is 14.9 Å². The van der Waals surface area contributed by atoms with E-state index in [1.807, 2.05) is 0 Å². The molecule has 0 radical (unpaired) electrons. The van der Waals surface area contributed by atoms with Crippen LogP contribution in [0.1, 0.15) is 11.3 Å². The minimum atomic E-state index is -3.57. The average Bonchev–Trinajstić information content (AvgIpc) is 2.83. The maximum atomic E-state index is 12.1. The molecule has 18 heavy (non-hydrogen) atoms. The van der Waals surface area contributed by atoms with Gasteiger partial charge in [0.25, 0.3) is 0 Å². The van der Waals surface area contributed by atoms with Crippen LogP contribution in [0.4, 0.5) is 5.69 Å². The smallest absolute Gasteiger partial charge is 0.241 e. The van der Waals surface area contributed by atoms with E-state index < -0.39 is 10.0 Å². The molecule has 0 aliphatic rings. The summed E-state index contributed by atoms with van der Waals surface area (Å²) in [5.74, 6) is 0. The van der Waals surface area contributed by atoms with Crippen LogP contribution in [0.5, 0.6) is 0 Å². The Kier molecular flexibility index (Phi) is 3.35. The molecule has 2 rings (SSSR count). The number of anilines is 1. The minimum Gasteiger partial charge on any atom is -0.398 e.